The molecule has 2 N–H and O–H groups in total. The van der Waals surface area contributed by atoms with E-state index in [1.54, 1.807) is 11.3 Å². The van der Waals surface area contributed by atoms with Gasteiger partial charge in [-0.15, -0.1) is 11.3 Å². The van der Waals surface area contributed by atoms with E-state index in [4.69, 9.17) is 5.73 Å². The van der Waals surface area contributed by atoms with Gasteiger partial charge in [-0.25, -0.2) is 5.01 Å². The number of hydrazine groups is 1. The van der Waals surface area contributed by atoms with Crippen molar-refractivity contribution in [3.63, 3.8) is 0 Å². The Bertz CT molecular complexity index is 853. The highest BCUT2D eigenvalue weighted by atomic mass is 32.1. The maximum absolute atomic E-state index is 13.2. The molecule has 1 aromatic heterocycles. The molecule has 0 radical (unpaired) electrons. The third-order valence-corrected chi connectivity index (χ3v) is 6.36. The van der Waals surface area contributed by atoms with E-state index in [1.165, 1.54) is 4.88 Å². The molecule has 0 amide bonds. The van der Waals surface area contributed by atoms with E-state index < -0.39 is 0 Å². The van der Waals surface area contributed by atoms with E-state index >= 15 is 0 Å². The van der Waals surface area contributed by atoms with E-state index in [2.05, 4.69) is 32.9 Å². The molecule has 0 aromatic carbocycles. The lowest BCUT2D eigenvalue weighted by atomic mass is 9.70. The normalized spacial score (nSPS) is 22.7. The van der Waals surface area contributed by atoms with Crippen molar-refractivity contribution in [2.45, 2.75) is 46.0 Å². The van der Waals surface area contributed by atoms with Gasteiger partial charge in [0.05, 0.1) is 17.6 Å². The molecule has 138 valence electrons. The van der Waals surface area contributed by atoms with Gasteiger partial charge in [-0.2, -0.15) is 5.26 Å². The van der Waals surface area contributed by atoms with Crippen LogP contribution in [0.15, 0.2) is 34.8 Å². The van der Waals surface area contributed by atoms with Crippen LogP contribution in [0.4, 0.5) is 0 Å². The average molecular weight is 371 g/mol. The highest BCUT2D eigenvalue weighted by Gasteiger charge is 2.45. The lowest BCUT2D eigenvalue weighted by Gasteiger charge is -2.45. The summed E-state index contributed by atoms with van der Waals surface area (Å²) in [5.41, 5.74) is 8.47. The smallest absolute Gasteiger partial charge is 0.162 e. The Morgan fingerprint density at radius 3 is 2.62 bits per heavy atom. The van der Waals surface area contributed by atoms with Crippen molar-refractivity contribution in [2.24, 2.45) is 11.1 Å². The molecule has 0 saturated heterocycles. The van der Waals surface area contributed by atoms with E-state index in [9.17, 15) is 10.1 Å². The molecule has 1 aromatic rings. The van der Waals surface area contributed by atoms with E-state index in [1.807, 2.05) is 30.2 Å². The first-order valence-electron chi connectivity index (χ1n) is 8.92. The number of allylic oxidation sites excluding steroid dienone is 3. The lowest BCUT2D eigenvalue weighted by molar-refractivity contribution is -0.119. The van der Waals surface area contributed by atoms with Crippen LogP contribution in [-0.4, -0.2) is 29.9 Å². The first-order chi connectivity index (χ1) is 12.2. The Balaban J connectivity index is 2.25. The number of thiophene rings is 1. The number of carbonyl (C=O) groups is 1. The number of hydrogen-bond donors (Lipinski definition) is 1. The zero-order chi connectivity index (χ0) is 19.2. The van der Waals surface area contributed by atoms with Crippen molar-refractivity contribution in [3.8, 4) is 6.07 Å². The van der Waals surface area contributed by atoms with Crippen LogP contribution in [0.3, 0.4) is 0 Å². The minimum absolute atomic E-state index is 0.122. The molecule has 0 fully saturated rings. The second kappa shape index (κ2) is 6.57. The molecular weight excluding hydrogens is 344 g/mol. The number of nitrogens with zero attached hydrogens (tertiary/aromatic N) is 3. The predicted octanol–water partition coefficient (Wildman–Crippen LogP) is 3.52. The highest BCUT2D eigenvalue weighted by Crippen LogP contribution is 2.50. The SMILES string of the molecule is CCc1ccc([C@H]2C(C#N)=C(N)N(N(C)C)C3=C2C(=O)CC(C)(C)C3)s1. The maximum atomic E-state index is 13.2. The van der Waals surface area contributed by atoms with Crippen molar-refractivity contribution in [1.82, 2.24) is 10.0 Å². The predicted molar refractivity (Wildman–Crippen MR) is 104 cm³/mol. The van der Waals surface area contributed by atoms with Crippen LogP contribution < -0.4 is 5.73 Å². The molecule has 3 rings (SSSR count). The van der Waals surface area contributed by atoms with Crippen LogP contribution in [0.5, 0.6) is 0 Å². The molecule has 26 heavy (non-hydrogen) atoms. The zero-order valence-corrected chi connectivity index (χ0v) is 16.9. The van der Waals surface area contributed by atoms with Gasteiger partial charge in [0.15, 0.2) is 5.78 Å². The van der Waals surface area contributed by atoms with Crippen LogP contribution in [-0.2, 0) is 11.2 Å². The van der Waals surface area contributed by atoms with Gasteiger partial charge in [0, 0.05) is 41.5 Å². The van der Waals surface area contributed by atoms with Gasteiger partial charge in [0.2, 0.25) is 0 Å². The molecule has 5 nitrogen and oxygen atoms in total. The summed E-state index contributed by atoms with van der Waals surface area (Å²) in [6, 6.07) is 6.42. The summed E-state index contributed by atoms with van der Waals surface area (Å²) in [7, 11) is 3.78. The van der Waals surface area contributed by atoms with Gasteiger partial charge in [-0.1, -0.05) is 20.8 Å². The second-order valence-electron chi connectivity index (χ2n) is 7.96. The largest absolute Gasteiger partial charge is 0.383 e. The van der Waals surface area contributed by atoms with Crippen molar-refractivity contribution in [1.29, 1.82) is 5.26 Å². The molecule has 6 heteroatoms. The molecule has 0 unspecified atom stereocenters. The molecule has 0 spiro atoms. The van der Waals surface area contributed by atoms with Crippen LogP contribution in [0, 0.1) is 16.7 Å². The molecule has 1 aliphatic heterocycles. The quantitative estimate of drug-likeness (QED) is 0.881. The summed E-state index contributed by atoms with van der Waals surface area (Å²) < 4.78 is 0. The molecule has 0 bridgehead atoms. The fourth-order valence-corrected chi connectivity index (χ4v) is 5.05. The summed E-state index contributed by atoms with van der Waals surface area (Å²) in [6.07, 6.45) is 2.19. The standard InChI is InChI=1S/C20H26N4OS/c1-6-12-7-8-16(26-12)17-13(11-21)19(22)24(23(4)5)14-9-20(2,3)10-15(25)18(14)17/h7-8,17H,6,9-10,22H2,1-5H3/t17-/m1/s1. The van der Waals surface area contributed by atoms with Gasteiger partial charge in [-0.3, -0.25) is 9.80 Å². The van der Waals surface area contributed by atoms with Crippen LogP contribution >= 0.6 is 11.3 Å². The first-order valence-corrected chi connectivity index (χ1v) is 9.73. The second-order valence-corrected chi connectivity index (χ2v) is 9.16. The summed E-state index contributed by atoms with van der Waals surface area (Å²) in [5, 5.41) is 13.6. The summed E-state index contributed by atoms with van der Waals surface area (Å²) in [6.45, 7) is 6.33. The molecule has 2 heterocycles. The number of carbonyl (C=O) groups excluding carboxylic acids is 1. The first kappa shape index (κ1) is 18.7. The highest BCUT2D eigenvalue weighted by molar-refractivity contribution is 7.12. The molecule has 1 aliphatic carbocycles. The maximum Gasteiger partial charge on any atom is 0.162 e. The van der Waals surface area contributed by atoms with Crippen LogP contribution in [0.2, 0.25) is 0 Å². The third kappa shape index (κ3) is 2.95. The number of rotatable bonds is 3. The number of nitriles is 1. The number of nitrogens with two attached hydrogens (primary N) is 1. The number of ketones is 1. The van der Waals surface area contributed by atoms with Crippen molar-refractivity contribution in [2.75, 3.05) is 14.1 Å². The van der Waals surface area contributed by atoms with E-state index in [-0.39, 0.29) is 17.1 Å². The minimum Gasteiger partial charge on any atom is -0.383 e. The molecular formula is C20H26N4OS. The van der Waals surface area contributed by atoms with Gasteiger partial charge in [-0.05, 0) is 30.4 Å². The number of hydrogen-bond acceptors (Lipinski definition) is 6. The summed E-state index contributed by atoms with van der Waals surface area (Å²) in [4.78, 5) is 15.4. The fourth-order valence-electron chi connectivity index (χ4n) is 3.97. The number of aryl methyl sites for hydroxylation is 1. The molecule has 0 saturated carbocycles. The van der Waals surface area contributed by atoms with Gasteiger partial charge in [0.25, 0.3) is 0 Å². The molecule has 2 aliphatic rings. The van der Waals surface area contributed by atoms with Crippen molar-refractivity contribution in [3.05, 3.63) is 44.6 Å². The Labute approximate surface area is 159 Å². The Kier molecular flexibility index (Phi) is 4.72. The van der Waals surface area contributed by atoms with Crippen molar-refractivity contribution >= 4 is 17.1 Å². The Morgan fingerprint density at radius 2 is 2.08 bits per heavy atom. The van der Waals surface area contributed by atoms with Gasteiger partial charge in [0.1, 0.15) is 5.82 Å². The van der Waals surface area contributed by atoms with Crippen LogP contribution in [0.25, 0.3) is 0 Å². The van der Waals surface area contributed by atoms with Crippen LogP contribution in [0.1, 0.15) is 49.3 Å². The molecule has 1 atom stereocenters. The lowest BCUT2D eigenvalue weighted by Crippen LogP contribution is -2.47. The third-order valence-electron chi connectivity index (χ3n) is 5.07. The van der Waals surface area contributed by atoms with Gasteiger partial charge < -0.3 is 5.73 Å². The average Bonchev–Trinajstić information content (AvgIpc) is 3.00. The minimum atomic E-state index is -0.347. The van der Waals surface area contributed by atoms with E-state index in [0.29, 0.717) is 17.8 Å². The fraction of sp³-hybridized carbons (Fsp3) is 0.500. The Hall–Kier alpha value is -2.10. The number of Topliss-reactive ketones (excluding diaryl/α,β-unsaturated/α-hetero) is 1. The monoisotopic (exact) mass is 370 g/mol. The van der Waals surface area contributed by atoms with Crippen molar-refractivity contribution < 1.29 is 4.79 Å². The van der Waals surface area contributed by atoms with Gasteiger partial charge >= 0.3 is 0 Å². The Morgan fingerprint density at radius 1 is 1.38 bits per heavy atom. The zero-order valence-electron chi connectivity index (χ0n) is 16.1. The van der Waals surface area contributed by atoms with E-state index in [0.717, 1.165) is 29.0 Å². The topological polar surface area (TPSA) is 73.4 Å². The summed E-state index contributed by atoms with van der Waals surface area (Å²) >= 11 is 1.67. The summed E-state index contributed by atoms with van der Waals surface area (Å²) in [5.74, 6) is 0.207.